The number of hydrogen-bond donors (Lipinski definition) is 2. The number of nitrogens with zero attached hydrogens (tertiary/aromatic N) is 1. The number of aliphatic hydroxyl groups is 1. The number of thioether (sulfide) groups is 1. The number of rotatable bonds is 3. The quantitative estimate of drug-likeness (QED) is 0.861. The van der Waals surface area contributed by atoms with Crippen molar-refractivity contribution < 1.29 is 9.84 Å². The second kappa shape index (κ2) is 6.72. The van der Waals surface area contributed by atoms with Crippen molar-refractivity contribution >= 4 is 11.8 Å². The summed E-state index contributed by atoms with van der Waals surface area (Å²) >= 11 is 1.65. The number of aromatic nitrogens is 2. The van der Waals surface area contributed by atoms with Gasteiger partial charge in [-0.15, -0.1) is 11.8 Å². The maximum absolute atomic E-state index is 12.4. The third-order valence-electron chi connectivity index (χ3n) is 5.36. The minimum absolute atomic E-state index is 0.0341. The Bertz CT molecular complexity index is 910. The summed E-state index contributed by atoms with van der Waals surface area (Å²) in [7, 11) is 0. The van der Waals surface area contributed by atoms with E-state index in [2.05, 4.69) is 4.98 Å². The van der Waals surface area contributed by atoms with Crippen LogP contribution in [0.4, 0.5) is 0 Å². The predicted octanol–water partition coefficient (Wildman–Crippen LogP) is 2.21. The summed E-state index contributed by atoms with van der Waals surface area (Å²) in [5.74, 6) is 0. The van der Waals surface area contributed by atoms with Crippen LogP contribution in [0.15, 0.2) is 51.0 Å². The molecule has 2 aliphatic rings. The summed E-state index contributed by atoms with van der Waals surface area (Å²) in [5.41, 5.74) is -1.01. The summed E-state index contributed by atoms with van der Waals surface area (Å²) in [6.45, 7) is 1.67. The van der Waals surface area contributed by atoms with Crippen LogP contribution in [0.1, 0.15) is 37.5 Å². The number of nitrogens with one attached hydrogen (secondary N) is 1. The first-order valence-electron chi connectivity index (χ1n) is 8.88. The molecular weight excluding hydrogens is 352 g/mol. The fourth-order valence-electron chi connectivity index (χ4n) is 3.99. The molecule has 4 rings (SSSR count). The molecule has 4 atom stereocenters. The molecule has 1 saturated carbocycles. The Morgan fingerprint density at radius 2 is 2.08 bits per heavy atom. The largest absolute Gasteiger partial charge is 0.390 e. The van der Waals surface area contributed by atoms with Gasteiger partial charge in [-0.25, -0.2) is 4.79 Å². The topological polar surface area (TPSA) is 84.3 Å². The van der Waals surface area contributed by atoms with E-state index in [-0.39, 0.29) is 10.8 Å². The van der Waals surface area contributed by atoms with Crippen molar-refractivity contribution in [3.8, 4) is 0 Å². The molecule has 1 aromatic carbocycles. The summed E-state index contributed by atoms with van der Waals surface area (Å²) in [5, 5.41) is 10.5. The van der Waals surface area contributed by atoms with Crippen molar-refractivity contribution in [1.29, 1.82) is 0 Å². The summed E-state index contributed by atoms with van der Waals surface area (Å²) < 4.78 is 7.81. The van der Waals surface area contributed by atoms with Gasteiger partial charge in [0, 0.05) is 16.7 Å². The van der Waals surface area contributed by atoms with Crippen molar-refractivity contribution in [3.05, 3.63) is 62.9 Å². The zero-order valence-electron chi connectivity index (χ0n) is 14.6. The molecular formula is C19H22N2O4S. The lowest BCUT2D eigenvalue weighted by atomic mass is 9.96. The van der Waals surface area contributed by atoms with Crippen LogP contribution in [0.25, 0.3) is 0 Å². The van der Waals surface area contributed by atoms with E-state index >= 15 is 0 Å². The molecule has 2 fully saturated rings. The van der Waals surface area contributed by atoms with Crippen LogP contribution >= 0.6 is 11.8 Å². The number of aryl methyl sites for hydroxylation is 1. The normalized spacial score (nSPS) is 30.9. The van der Waals surface area contributed by atoms with Crippen LogP contribution in [-0.4, -0.2) is 31.6 Å². The maximum atomic E-state index is 12.4. The Labute approximate surface area is 155 Å². The standard InChI is InChI=1S/C19H22N2O4S/c1-12-11-21(18(24)20-16(12)23)17-14(26-13-6-3-2-4-7-13)10-19(25-17)9-5-8-15(19)22/h2-4,6-7,11,14-15,17,22H,5,8-10H2,1H3,(H,20,23,24)/t14-,15+,17-,19+/m1/s1. The SMILES string of the molecule is Cc1cn([C@@H]2O[C@@]3(CCC[C@@H]3O)C[C@H]2Sc2ccccc2)c(=O)[nH]c1=O. The van der Waals surface area contributed by atoms with E-state index < -0.39 is 23.6 Å². The van der Waals surface area contributed by atoms with Crippen LogP contribution in [0.3, 0.4) is 0 Å². The van der Waals surface area contributed by atoms with Crippen LogP contribution in [0.2, 0.25) is 0 Å². The molecule has 7 heteroatoms. The minimum atomic E-state index is -0.611. The molecule has 1 aromatic heterocycles. The molecule has 6 nitrogen and oxygen atoms in total. The van der Waals surface area contributed by atoms with Crippen molar-refractivity contribution in [2.45, 2.75) is 60.7 Å². The average molecular weight is 374 g/mol. The van der Waals surface area contributed by atoms with Crippen LogP contribution in [0, 0.1) is 6.92 Å². The molecule has 138 valence electrons. The molecule has 0 radical (unpaired) electrons. The van der Waals surface area contributed by atoms with E-state index in [0.29, 0.717) is 12.0 Å². The van der Waals surface area contributed by atoms with E-state index in [1.165, 1.54) is 4.57 Å². The highest BCUT2D eigenvalue weighted by Gasteiger charge is 2.54. The lowest BCUT2D eigenvalue weighted by molar-refractivity contribution is -0.121. The summed E-state index contributed by atoms with van der Waals surface area (Å²) in [4.78, 5) is 27.6. The summed E-state index contributed by atoms with van der Waals surface area (Å²) in [6, 6.07) is 9.97. The van der Waals surface area contributed by atoms with Gasteiger partial charge in [-0.05, 0) is 44.7 Å². The Balaban J connectivity index is 1.73. The number of H-pyrrole nitrogens is 1. The van der Waals surface area contributed by atoms with E-state index in [4.69, 9.17) is 4.74 Å². The van der Waals surface area contributed by atoms with E-state index in [1.807, 2.05) is 30.3 Å². The Kier molecular flexibility index (Phi) is 4.54. The number of benzene rings is 1. The molecule has 0 amide bonds. The highest BCUT2D eigenvalue weighted by molar-refractivity contribution is 8.00. The molecule has 1 aliphatic heterocycles. The van der Waals surface area contributed by atoms with Gasteiger partial charge in [-0.1, -0.05) is 18.2 Å². The molecule has 1 aliphatic carbocycles. The van der Waals surface area contributed by atoms with Crippen LogP contribution in [0.5, 0.6) is 0 Å². The molecule has 2 heterocycles. The zero-order valence-corrected chi connectivity index (χ0v) is 15.4. The van der Waals surface area contributed by atoms with Gasteiger partial charge in [-0.2, -0.15) is 0 Å². The first kappa shape index (κ1) is 17.6. The number of aliphatic hydroxyl groups excluding tert-OH is 1. The van der Waals surface area contributed by atoms with Gasteiger partial charge in [-0.3, -0.25) is 14.3 Å². The molecule has 2 N–H and O–H groups in total. The number of ether oxygens (including phenoxy) is 1. The van der Waals surface area contributed by atoms with Gasteiger partial charge >= 0.3 is 5.69 Å². The second-order valence-corrected chi connectivity index (χ2v) is 8.45. The summed E-state index contributed by atoms with van der Waals surface area (Å²) in [6.07, 6.45) is 3.59. The first-order valence-corrected chi connectivity index (χ1v) is 9.76. The minimum Gasteiger partial charge on any atom is -0.390 e. The van der Waals surface area contributed by atoms with E-state index in [0.717, 1.165) is 24.2 Å². The third-order valence-corrected chi connectivity index (χ3v) is 6.60. The van der Waals surface area contributed by atoms with Crippen LogP contribution < -0.4 is 11.2 Å². The van der Waals surface area contributed by atoms with Gasteiger partial charge in [0.2, 0.25) is 0 Å². The molecule has 0 bridgehead atoms. The number of hydrogen-bond acceptors (Lipinski definition) is 5. The third kappa shape index (κ3) is 3.04. The smallest absolute Gasteiger partial charge is 0.330 e. The van der Waals surface area contributed by atoms with Crippen molar-refractivity contribution in [2.75, 3.05) is 0 Å². The molecule has 26 heavy (non-hydrogen) atoms. The van der Waals surface area contributed by atoms with Gasteiger partial charge in [0.1, 0.15) is 0 Å². The lowest BCUT2D eigenvalue weighted by Gasteiger charge is -2.28. The van der Waals surface area contributed by atoms with Crippen LogP contribution in [-0.2, 0) is 4.74 Å². The molecule has 2 aromatic rings. The van der Waals surface area contributed by atoms with Crippen molar-refractivity contribution in [1.82, 2.24) is 9.55 Å². The highest BCUT2D eigenvalue weighted by Crippen LogP contribution is 2.51. The molecule has 1 saturated heterocycles. The fourth-order valence-corrected chi connectivity index (χ4v) is 5.32. The second-order valence-electron chi connectivity index (χ2n) is 7.13. The van der Waals surface area contributed by atoms with Crippen molar-refractivity contribution in [3.63, 3.8) is 0 Å². The first-order chi connectivity index (χ1) is 12.5. The van der Waals surface area contributed by atoms with E-state index in [9.17, 15) is 14.7 Å². The van der Waals surface area contributed by atoms with Gasteiger partial charge in [0.15, 0.2) is 6.23 Å². The average Bonchev–Trinajstić information content (AvgIpc) is 3.16. The van der Waals surface area contributed by atoms with Gasteiger partial charge < -0.3 is 9.84 Å². The van der Waals surface area contributed by atoms with E-state index in [1.54, 1.807) is 24.9 Å². The Morgan fingerprint density at radius 3 is 2.77 bits per heavy atom. The predicted molar refractivity (Wildman–Crippen MR) is 99.5 cm³/mol. The fraction of sp³-hybridized carbons (Fsp3) is 0.474. The van der Waals surface area contributed by atoms with Gasteiger partial charge in [0.25, 0.3) is 5.56 Å². The monoisotopic (exact) mass is 374 g/mol. The lowest BCUT2D eigenvalue weighted by Crippen LogP contribution is -2.39. The Hall–Kier alpha value is -1.83. The number of aromatic amines is 1. The molecule has 0 unspecified atom stereocenters. The Morgan fingerprint density at radius 1 is 1.31 bits per heavy atom. The maximum Gasteiger partial charge on any atom is 0.330 e. The van der Waals surface area contributed by atoms with Gasteiger partial charge in [0.05, 0.1) is 17.0 Å². The molecule has 1 spiro atoms. The zero-order chi connectivity index (χ0) is 18.3. The van der Waals surface area contributed by atoms with Crippen molar-refractivity contribution in [2.24, 2.45) is 0 Å². The highest BCUT2D eigenvalue weighted by atomic mass is 32.2.